The first kappa shape index (κ1) is 16.9. The lowest BCUT2D eigenvalue weighted by atomic mass is 10.2. The maximum atomic E-state index is 12.5. The number of thiocarbonyl (C=S) groups is 1. The predicted octanol–water partition coefficient (Wildman–Crippen LogP) is 3.33. The standard InChI is InChI=1S/C16H12BrN3O2S2/c1-19-8-4-5-10(19)9-13-15(22)20(16(23)24-13)18-14(21)11-6-2-3-7-12(11)17/h2-9H,1H3,(H,18,21)/b13-9+. The summed E-state index contributed by atoms with van der Waals surface area (Å²) in [6.07, 6.45) is 3.64. The van der Waals surface area contributed by atoms with Crippen molar-refractivity contribution in [2.75, 3.05) is 0 Å². The minimum Gasteiger partial charge on any atom is -0.351 e. The molecule has 122 valence electrons. The molecule has 1 aliphatic heterocycles. The number of aromatic nitrogens is 1. The zero-order valence-corrected chi connectivity index (χ0v) is 15.7. The molecule has 0 radical (unpaired) electrons. The Balaban J connectivity index is 1.80. The van der Waals surface area contributed by atoms with E-state index in [1.54, 1.807) is 24.3 Å². The highest BCUT2D eigenvalue weighted by atomic mass is 79.9. The topological polar surface area (TPSA) is 54.3 Å². The largest absolute Gasteiger partial charge is 0.351 e. The normalized spacial score (nSPS) is 16.1. The first-order valence-corrected chi connectivity index (χ1v) is 8.94. The zero-order valence-electron chi connectivity index (χ0n) is 12.5. The molecule has 1 aromatic heterocycles. The molecular formula is C16H12BrN3O2S2. The van der Waals surface area contributed by atoms with Crippen LogP contribution >= 0.6 is 39.9 Å². The van der Waals surface area contributed by atoms with Crippen LogP contribution in [0.5, 0.6) is 0 Å². The van der Waals surface area contributed by atoms with Crippen molar-refractivity contribution in [1.82, 2.24) is 15.0 Å². The molecule has 1 fully saturated rings. The second kappa shape index (κ2) is 6.92. The summed E-state index contributed by atoms with van der Waals surface area (Å²) in [6, 6.07) is 10.8. The fraction of sp³-hybridized carbons (Fsp3) is 0.0625. The average Bonchev–Trinajstić information content (AvgIpc) is 3.06. The fourth-order valence-electron chi connectivity index (χ4n) is 2.13. The Labute approximate surface area is 156 Å². The van der Waals surface area contributed by atoms with Gasteiger partial charge >= 0.3 is 0 Å². The average molecular weight is 422 g/mol. The van der Waals surface area contributed by atoms with Crippen LogP contribution in [0.4, 0.5) is 0 Å². The summed E-state index contributed by atoms with van der Waals surface area (Å²) >= 11 is 9.70. The Morgan fingerprint density at radius 1 is 1.29 bits per heavy atom. The van der Waals surface area contributed by atoms with Crippen LogP contribution in [0.3, 0.4) is 0 Å². The first-order chi connectivity index (χ1) is 11.5. The molecule has 1 saturated heterocycles. The number of nitrogens with one attached hydrogen (secondary N) is 1. The van der Waals surface area contributed by atoms with Crippen molar-refractivity contribution in [3.63, 3.8) is 0 Å². The van der Waals surface area contributed by atoms with Gasteiger partial charge in [0.05, 0.1) is 10.5 Å². The van der Waals surface area contributed by atoms with Crippen molar-refractivity contribution in [1.29, 1.82) is 0 Å². The van der Waals surface area contributed by atoms with Crippen LogP contribution in [0.15, 0.2) is 52.0 Å². The molecule has 24 heavy (non-hydrogen) atoms. The van der Waals surface area contributed by atoms with E-state index in [4.69, 9.17) is 12.2 Å². The van der Waals surface area contributed by atoms with Gasteiger partial charge in [0.15, 0.2) is 4.32 Å². The molecule has 1 aromatic carbocycles. The van der Waals surface area contributed by atoms with Gasteiger partial charge in [-0.1, -0.05) is 23.9 Å². The van der Waals surface area contributed by atoms with E-state index >= 15 is 0 Å². The van der Waals surface area contributed by atoms with Crippen LogP contribution in [0.2, 0.25) is 0 Å². The third-order valence-electron chi connectivity index (χ3n) is 3.39. The van der Waals surface area contributed by atoms with E-state index in [1.165, 1.54) is 0 Å². The van der Waals surface area contributed by atoms with Crippen LogP contribution < -0.4 is 5.43 Å². The number of carbonyl (C=O) groups is 2. The number of benzene rings is 1. The van der Waals surface area contributed by atoms with Gasteiger partial charge < -0.3 is 4.57 Å². The smallest absolute Gasteiger partial charge is 0.285 e. The van der Waals surface area contributed by atoms with E-state index in [1.807, 2.05) is 36.0 Å². The van der Waals surface area contributed by atoms with E-state index in [0.29, 0.717) is 19.3 Å². The van der Waals surface area contributed by atoms with E-state index in [9.17, 15) is 9.59 Å². The van der Waals surface area contributed by atoms with Crippen molar-refractivity contribution in [2.24, 2.45) is 7.05 Å². The van der Waals surface area contributed by atoms with Crippen molar-refractivity contribution < 1.29 is 9.59 Å². The quantitative estimate of drug-likeness (QED) is 0.609. The van der Waals surface area contributed by atoms with Crippen molar-refractivity contribution in [3.05, 3.63) is 63.2 Å². The summed E-state index contributed by atoms with van der Waals surface area (Å²) in [5.41, 5.74) is 3.88. The molecule has 0 spiro atoms. The number of hydrogen-bond acceptors (Lipinski definition) is 4. The number of aryl methyl sites for hydroxylation is 1. The molecule has 8 heteroatoms. The Hall–Kier alpha value is -1.90. The third kappa shape index (κ3) is 3.31. The number of nitrogens with zero attached hydrogens (tertiary/aromatic N) is 2. The molecular weight excluding hydrogens is 410 g/mol. The van der Waals surface area contributed by atoms with Gasteiger partial charge in [-0.2, -0.15) is 5.01 Å². The molecule has 1 aliphatic rings. The predicted molar refractivity (Wildman–Crippen MR) is 102 cm³/mol. The Kier molecular flexibility index (Phi) is 4.88. The molecule has 0 aliphatic carbocycles. The lowest BCUT2D eigenvalue weighted by molar-refractivity contribution is -0.123. The van der Waals surface area contributed by atoms with Crippen LogP contribution in [-0.2, 0) is 11.8 Å². The Morgan fingerprint density at radius 3 is 2.71 bits per heavy atom. The minimum atomic E-state index is -0.404. The number of halogens is 1. The number of thioether (sulfide) groups is 1. The molecule has 0 unspecified atom stereocenters. The summed E-state index contributed by atoms with van der Waals surface area (Å²) < 4.78 is 2.83. The Bertz CT molecular complexity index is 876. The van der Waals surface area contributed by atoms with Gasteiger partial charge in [-0.3, -0.25) is 15.0 Å². The highest BCUT2D eigenvalue weighted by Crippen LogP contribution is 2.31. The Morgan fingerprint density at radius 2 is 2.04 bits per heavy atom. The maximum absolute atomic E-state index is 12.5. The highest BCUT2D eigenvalue weighted by Gasteiger charge is 2.34. The van der Waals surface area contributed by atoms with Gasteiger partial charge in [-0.15, -0.1) is 0 Å². The van der Waals surface area contributed by atoms with Gasteiger partial charge in [-0.25, -0.2) is 0 Å². The number of amides is 2. The molecule has 2 heterocycles. The summed E-state index contributed by atoms with van der Waals surface area (Å²) in [5.74, 6) is -0.745. The molecule has 1 N–H and O–H groups in total. The van der Waals surface area contributed by atoms with Gasteiger partial charge in [0.25, 0.3) is 11.8 Å². The van der Waals surface area contributed by atoms with Crippen LogP contribution in [0.25, 0.3) is 6.08 Å². The van der Waals surface area contributed by atoms with Crippen LogP contribution in [0.1, 0.15) is 16.1 Å². The SMILES string of the molecule is Cn1cccc1/C=C1/SC(=S)N(NC(=O)c2ccccc2Br)C1=O. The summed E-state index contributed by atoms with van der Waals surface area (Å²) in [4.78, 5) is 25.3. The van der Waals surface area contributed by atoms with Gasteiger partial charge in [0.1, 0.15) is 0 Å². The third-order valence-corrected chi connectivity index (χ3v) is 5.38. The van der Waals surface area contributed by atoms with Gasteiger partial charge in [0, 0.05) is 23.4 Å². The number of hydrazine groups is 1. The van der Waals surface area contributed by atoms with Crippen molar-refractivity contribution in [2.45, 2.75) is 0 Å². The van der Waals surface area contributed by atoms with Gasteiger partial charge in [0.2, 0.25) is 0 Å². The number of hydrogen-bond donors (Lipinski definition) is 1. The summed E-state index contributed by atoms with van der Waals surface area (Å²) in [7, 11) is 1.89. The molecule has 0 atom stereocenters. The van der Waals surface area contributed by atoms with Crippen molar-refractivity contribution >= 4 is 62.1 Å². The van der Waals surface area contributed by atoms with Crippen LogP contribution in [-0.4, -0.2) is 25.7 Å². The number of rotatable bonds is 3. The lowest BCUT2D eigenvalue weighted by Gasteiger charge is -2.16. The molecule has 0 bridgehead atoms. The summed E-state index contributed by atoms with van der Waals surface area (Å²) in [6.45, 7) is 0. The molecule has 0 saturated carbocycles. The van der Waals surface area contributed by atoms with E-state index in [0.717, 1.165) is 22.5 Å². The number of carbonyl (C=O) groups excluding carboxylic acids is 2. The first-order valence-electron chi connectivity index (χ1n) is 6.92. The van der Waals surface area contributed by atoms with Crippen molar-refractivity contribution in [3.8, 4) is 0 Å². The fourth-order valence-corrected chi connectivity index (χ4v) is 3.76. The lowest BCUT2D eigenvalue weighted by Crippen LogP contribution is -2.44. The van der Waals surface area contributed by atoms with E-state index in [2.05, 4.69) is 21.4 Å². The zero-order chi connectivity index (χ0) is 17.3. The van der Waals surface area contributed by atoms with Crippen LogP contribution in [0, 0.1) is 0 Å². The van der Waals surface area contributed by atoms with Gasteiger partial charge in [-0.05, 0) is 58.5 Å². The second-order valence-electron chi connectivity index (χ2n) is 4.98. The monoisotopic (exact) mass is 421 g/mol. The molecule has 5 nitrogen and oxygen atoms in total. The molecule has 2 aromatic rings. The van der Waals surface area contributed by atoms with E-state index in [-0.39, 0.29) is 5.91 Å². The summed E-state index contributed by atoms with van der Waals surface area (Å²) in [5, 5.41) is 1.11. The second-order valence-corrected chi connectivity index (χ2v) is 7.51. The highest BCUT2D eigenvalue weighted by molar-refractivity contribution is 9.10. The minimum absolute atomic E-state index is 0.292. The maximum Gasteiger partial charge on any atom is 0.285 e. The molecule has 3 rings (SSSR count). The van der Waals surface area contributed by atoms with E-state index < -0.39 is 5.91 Å². The molecule has 2 amide bonds.